The van der Waals surface area contributed by atoms with Gasteiger partial charge in [-0.3, -0.25) is 4.79 Å². The molecule has 2 rings (SSSR count). The van der Waals surface area contributed by atoms with Gasteiger partial charge in [0.15, 0.2) is 0 Å². The Morgan fingerprint density at radius 1 is 1.35 bits per heavy atom. The van der Waals surface area contributed by atoms with Crippen LogP contribution in [-0.2, 0) is 0 Å². The fourth-order valence-corrected chi connectivity index (χ4v) is 2.51. The summed E-state index contributed by atoms with van der Waals surface area (Å²) in [5.74, 6) is 0.0716. The molecule has 0 spiro atoms. The summed E-state index contributed by atoms with van der Waals surface area (Å²) in [7, 11) is 0. The van der Waals surface area contributed by atoms with Crippen molar-refractivity contribution in [3.8, 4) is 5.75 Å². The molecule has 0 radical (unpaired) electrons. The van der Waals surface area contributed by atoms with Crippen LogP contribution in [0.4, 0.5) is 0 Å². The summed E-state index contributed by atoms with van der Waals surface area (Å²) in [5.41, 5.74) is 0.132. The van der Waals surface area contributed by atoms with Crippen LogP contribution in [0.15, 0.2) is 18.2 Å². The highest BCUT2D eigenvalue weighted by Gasteiger charge is 2.31. The van der Waals surface area contributed by atoms with E-state index in [1.165, 1.54) is 6.07 Å². The van der Waals surface area contributed by atoms with E-state index in [0.717, 1.165) is 0 Å². The van der Waals surface area contributed by atoms with Crippen LogP contribution in [0.1, 0.15) is 35.2 Å². The molecule has 1 aromatic carbocycles. The molecule has 1 atom stereocenters. The largest absolute Gasteiger partial charge is 0.508 e. The van der Waals surface area contributed by atoms with E-state index in [1.807, 2.05) is 0 Å². The second-order valence-corrected chi connectivity index (χ2v) is 5.53. The van der Waals surface area contributed by atoms with Gasteiger partial charge in [-0.1, -0.05) is 0 Å². The van der Waals surface area contributed by atoms with Crippen LogP contribution in [-0.4, -0.2) is 51.4 Å². The van der Waals surface area contributed by atoms with Gasteiger partial charge in [-0.15, -0.1) is 0 Å². The van der Waals surface area contributed by atoms with E-state index in [4.69, 9.17) is 0 Å². The van der Waals surface area contributed by atoms with Gasteiger partial charge in [0.2, 0.25) is 0 Å². The Labute approximate surface area is 118 Å². The zero-order valence-corrected chi connectivity index (χ0v) is 11.7. The molecular formula is C15H21NO4. The molecule has 1 amide bonds. The van der Waals surface area contributed by atoms with Crippen LogP contribution in [0.3, 0.4) is 0 Å². The fourth-order valence-electron chi connectivity index (χ4n) is 2.51. The minimum absolute atomic E-state index is 0.102. The van der Waals surface area contributed by atoms with Crippen molar-refractivity contribution in [2.45, 2.75) is 31.8 Å². The molecule has 0 unspecified atom stereocenters. The van der Waals surface area contributed by atoms with Crippen LogP contribution in [0.5, 0.6) is 5.75 Å². The molecule has 1 fully saturated rings. The van der Waals surface area contributed by atoms with Gasteiger partial charge in [-0.2, -0.15) is 0 Å². The third-order valence-corrected chi connectivity index (χ3v) is 3.94. The predicted octanol–water partition coefficient (Wildman–Crippen LogP) is 1.05. The Morgan fingerprint density at radius 2 is 2.10 bits per heavy atom. The minimum atomic E-state index is -1.07. The minimum Gasteiger partial charge on any atom is -0.508 e. The number of phenolic OH excluding ortho intramolecular Hbond substituents is 1. The molecule has 5 nitrogen and oxygen atoms in total. The van der Waals surface area contributed by atoms with Crippen molar-refractivity contribution in [2.24, 2.45) is 0 Å². The van der Waals surface area contributed by atoms with E-state index in [1.54, 1.807) is 24.0 Å². The second kappa shape index (κ2) is 5.81. The lowest BCUT2D eigenvalue weighted by molar-refractivity contribution is -0.0250. The highest BCUT2D eigenvalue weighted by molar-refractivity contribution is 5.94. The number of amides is 1. The molecule has 1 aliphatic heterocycles. The summed E-state index contributed by atoms with van der Waals surface area (Å²) in [4.78, 5) is 14.1. The standard InChI is InChI=1S/C15H21NO4/c1-11-9-12(3-4-13(11)18)14(19)16-7-2-5-15(20,10-17)6-8-16/h3-4,9,17-18,20H,2,5-8,10H2,1H3/t15-/m0/s1. The number of aryl methyl sites for hydroxylation is 1. The van der Waals surface area contributed by atoms with E-state index < -0.39 is 5.60 Å². The summed E-state index contributed by atoms with van der Waals surface area (Å²) in [6.07, 6.45) is 1.55. The molecule has 1 heterocycles. The number of aliphatic hydroxyl groups excluding tert-OH is 1. The molecule has 3 N–H and O–H groups in total. The Hall–Kier alpha value is -1.59. The molecule has 20 heavy (non-hydrogen) atoms. The molecular weight excluding hydrogens is 258 g/mol. The topological polar surface area (TPSA) is 81.0 Å². The van der Waals surface area contributed by atoms with Gasteiger partial charge in [0.25, 0.3) is 5.91 Å². The summed E-state index contributed by atoms with van der Waals surface area (Å²) in [6.45, 7) is 2.48. The predicted molar refractivity (Wildman–Crippen MR) is 74.6 cm³/mol. The third-order valence-electron chi connectivity index (χ3n) is 3.94. The first-order valence-corrected chi connectivity index (χ1v) is 6.87. The van der Waals surface area contributed by atoms with Crippen LogP contribution in [0, 0.1) is 6.92 Å². The lowest BCUT2D eigenvalue weighted by atomic mass is 9.96. The zero-order chi connectivity index (χ0) is 14.8. The number of carbonyl (C=O) groups excluding carboxylic acids is 1. The van der Waals surface area contributed by atoms with E-state index >= 15 is 0 Å². The Balaban J connectivity index is 2.11. The fraction of sp³-hybridized carbons (Fsp3) is 0.533. The number of nitrogens with zero attached hydrogens (tertiary/aromatic N) is 1. The maximum atomic E-state index is 12.4. The van der Waals surface area contributed by atoms with E-state index in [-0.39, 0.29) is 18.3 Å². The third kappa shape index (κ3) is 3.11. The van der Waals surface area contributed by atoms with Crippen LogP contribution in [0.2, 0.25) is 0 Å². The van der Waals surface area contributed by atoms with E-state index in [0.29, 0.717) is 43.5 Å². The average molecular weight is 279 g/mol. The zero-order valence-electron chi connectivity index (χ0n) is 11.7. The number of hydrogen-bond donors (Lipinski definition) is 3. The Bertz CT molecular complexity index is 503. The number of likely N-dealkylation sites (tertiary alicyclic amines) is 1. The first-order valence-electron chi connectivity index (χ1n) is 6.87. The van der Waals surface area contributed by atoms with Gasteiger partial charge in [0, 0.05) is 18.7 Å². The molecule has 110 valence electrons. The smallest absolute Gasteiger partial charge is 0.253 e. The van der Waals surface area contributed by atoms with Gasteiger partial charge in [-0.25, -0.2) is 0 Å². The lowest BCUT2D eigenvalue weighted by Gasteiger charge is -2.24. The highest BCUT2D eigenvalue weighted by atomic mass is 16.3. The van der Waals surface area contributed by atoms with Crippen molar-refractivity contribution < 1.29 is 20.1 Å². The molecule has 1 aliphatic rings. The van der Waals surface area contributed by atoms with Crippen LogP contribution in [0.25, 0.3) is 0 Å². The molecule has 0 bridgehead atoms. The van der Waals surface area contributed by atoms with Gasteiger partial charge in [0.1, 0.15) is 5.75 Å². The Kier molecular flexibility index (Phi) is 4.30. The number of phenols is 1. The highest BCUT2D eigenvalue weighted by Crippen LogP contribution is 2.24. The van der Waals surface area contributed by atoms with Crippen molar-refractivity contribution in [1.82, 2.24) is 4.90 Å². The molecule has 5 heteroatoms. The van der Waals surface area contributed by atoms with Crippen molar-refractivity contribution in [3.05, 3.63) is 29.3 Å². The average Bonchev–Trinajstić information content (AvgIpc) is 2.64. The van der Waals surface area contributed by atoms with E-state index in [2.05, 4.69) is 0 Å². The SMILES string of the molecule is Cc1cc(C(=O)N2CCC[C@@](O)(CO)CC2)ccc1O. The number of benzene rings is 1. The number of aliphatic hydroxyl groups is 2. The lowest BCUT2D eigenvalue weighted by Crippen LogP contribution is -2.36. The van der Waals surface area contributed by atoms with Gasteiger partial charge >= 0.3 is 0 Å². The number of carbonyl (C=O) groups is 1. The van der Waals surface area contributed by atoms with Crippen molar-refractivity contribution >= 4 is 5.91 Å². The van der Waals surface area contributed by atoms with E-state index in [9.17, 15) is 20.1 Å². The van der Waals surface area contributed by atoms with Gasteiger partial charge in [0.05, 0.1) is 12.2 Å². The molecule has 1 saturated heterocycles. The maximum absolute atomic E-state index is 12.4. The number of aromatic hydroxyl groups is 1. The summed E-state index contributed by atoms with van der Waals surface area (Å²) >= 11 is 0. The number of hydrogen-bond acceptors (Lipinski definition) is 4. The quantitative estimate of drug-likeness (QED) is 0.756. The molecule has 1 aromatic rings. The summed E-state index contributed by atoms with van der Waals surface area (Å²) in [5, 5.41) is 28.8. The van der Waals surface area contributed by atoms with Crippen LogP contribution < -0.4 is 0 Å². The second-order valence-electron chi connectivity index (χ2n) is 5.53. The van der Waals surface area contributed by atoms with Gasteiger partial charge < -0.3 is 20.2 Å². The first kappa shape index (κ1) is 14.8. The first-order chi connectivity index (χ1) is 9.45. The van der Waals surface area contributed by atoms with Crippen molar-refractivity contribution in [3.63, 3.8) is 0 Å². The molecule has 0 aliphatic carbocycles. The maximum Gasteiger partial charge on any atom is 0.253 e. The van der Waals surface area contributed by atoms with Crippen molar-refractivity contribution in [1.29, 1.82) is 0 Å². The summed E-state index contributed by atoms with van der Waals surface area (Å²) in [6, 6.07) is 4.79. The number of rotatable bonds is 2. The molecule has 0 aromatic heterocycles. The van der Waals surface area contributed by atoms with Crippen molar-refractivity contribution in [2.75, 3.05) is 19.7 Å². The Morgan fingerprint density at radius 3 is 2.75 bits per heavy atom. The normalized spacial score (nSPS) is 23.4. The van der Waals surface area contributed by atoms with Crippen LogP contribution >= 0.6 is 0 Å². The summed E-state index contributed by atoms with van der Waals surface area (Å²) < 4.78 is 0. The monoisotopic (exact) mass is 279 g/mol. The van der Waals surface area contributed by atoms with Gasteiger partial charge in [-0.05, 0) is 49.9 Å². The molecule has 0 saturated carbocycles.